The van der Waals surface area contributed by atoms with Crippen molar-refractivity contribution in [2.75, 3.05) is 7.05 Å². The summed E-state index contributed by atoms with van der Waals surface area (Å²) in [5.74, 6) is -0.817. The van der Waals surface area contributed by atoms with Crippen LogP contribution in [-0.4, -0.2) is 7.05 Å². The van der Waals surface area contributed by atoms with Crippen molar-refractivity contribution in [2.24, 2.45) is 0 Å². The lowest BCUT2D eigenvalue weighted by atomic mass is 9.98. The van der Waals surface area contributed by atoms with E-state index in [1.807, 2.05) is 0 Å². The Morgan fingerprint density at radius 1 is 1.10 bits per heavy atom. The van der Waals surface area contributed by atoms with Crippen LogP contribution in [0.1, 0.15) is 17.2 Å². The van der Waals surface area contributed by atoms with E-state index in [1.54, 1.807) is 19.2 Å². The second kappa shape index (κ2) is 6.52. The van der Waals surface area contributed by atoms with E-state index in [-0.39, 0.29) is 0 Å². The average molecular weight is 425 g/mol. The van der Waals surface area contributed by atoms with Gasteiger partial charge in [-0.05, 0) is 62.7 Å². The highest BCUT2D eigenvalue weighted by atomic mass is 79.9. The Kier molecular flexibility index (Phi) is 5.18. The lowest BCUT2D eigenvalue weighted by Gasteiger charge is -2.20. The third-order valence-electron chi connectivity index (χ3n) is 2.93. The van der Waals surface area contributed by atoms with Gasteiger partial charge < -0.3 is 5.32 Å². The van der Waals surface area contributed by atoms with Gasteiger partial charge >= 0.3 is 0 Å². The topological polar surface area (TPSA) is 12.0 Å². The molecule has 0 saturated carbocycles. The highest BCUT2D eigenvalue weighted by Crippen LogP contribution is 2.34. The Morgan fingerprint density at radius 3 is 2.45 bits per heavy atom. The molecule has 0 saturated heterocycles. The molecule has 1 N–H and O–H groups in total. The summed E-state index contributed by atoms with van der Waals surface area (Å²) in [4.78, 5) is 0. The van der Waals surface area contributed by atoms with Gasteiger partial charge in [-0.3, -0.25) is 0 Å². The van der Waals surface area contributed by atoms with Gasteiger partial charge in [-0.15, -0.1) is 0 Å². The lowest BCUT2D eigenvalue weighted by molar-refractivity contribution is 0.568. The molecule has 1 nitrogen and oxygen atoms in total. The van der Waals surface area contributed by atoms with Crippen LogP contribution in [0.4, 0.5) is 8.78 Å². The molecule has 0 spiro atoms. The first-order chi connectivity index (χ1) is 9.45. The van der Waals surface area contributed by atoms with Gasteiger partial charge in [0.25, 0.3) is 0 Å². The van der Waals surface area contributed by atoms with Gasteiger partial charge in [0.05, 0.1) is 15.5 Å². The summed E-state index contributed by atoms with van der Waals surface area (Å²) in [6, 6.07) is 6.97. The van der Waals surface area contributed by atoms with Crippen LogP contribution in [0, 0.1) is 11.6 Å². The van der Waals surface area contributed by atoms with Gasteiger partial charge in [0, 0.05) is 10.0 Å². The monoisotopic (exact) mass is 423 g/mol. The van der Waals surface area contributed by atoms with Crippen LogP contribution in [0.25, 0.3) is 0 Å². The molecule has 0 fully saturated rings. The molecule has 0 aliphatic heterocycles. The first-order valence-electron chi connectivity index (χ1n) is 5.71. The number of rotatable bonds is 3. The number of halogens is 5. The minimum atomic E-state index is -0.509. The minimum absolute atomic E-state index is 0.304. The van der Waals surface area contributed by atoms with Gasteiger partial charge in [-0.1, -0.05) is 23.7 Å². The Morgan fingerprint density at radius 2 is 1.80 bits per heavy atom. The van der Waals surface area contributed by atoms with Crippen molar-refractivity contribution >= 4 is 43.5 Å². The van der Waals surface area contributed by atoms with Crippen LogP contribution < -0.4 is 5.32 Å². The van der Waals surface area contributed by atoms with Crippen molar-refractivity contribution < 1.29 is 8.78 Å². The predicted molar refractivity (Wildman–Crippen MR) is 84.1 cm³/mol. The van der Waals surface area contributed by atoms with E-state index in [1.165, 1.54) is 18.2 Å². The van der Waals surface area contributed by atoms with Crippen molar-refractivity contribution in [3.8, 4) is 0 Å². The highest BCUT2D eigenvalue weighted by Gasteiger charge is 2.21. The van der Waals surface area contributed by atoms with E-state index in [0.717, 1.165) is 0 Å². The van der Waals surface area contributed by atoms with Crippen LogP contribution in [0.5, 0.6) is 0 Å². The highest BCUT2D eigenvalue weighted by molar-refractivity contribution is 9.10. The maximum atomic E-state index is 14.1. The smallest absolute Gasteiger partial charge is 0.137 e. The SMILES string of the molecule is CNC(c1cc(Cl)c(Br)cc1F)c1cccc(F)c1Br. The molecule has 0 amide bonds. The van der Waals surface area contributed by atoms with Crippen molar-refractivity contribution in [3.63, 3.8) is 0 Å². The average Bonchev–Trinajstić information content (AvgIpc) is 2.41. The molecule has 0 aliphatic carbocycles. The molecule has 1 unspecified atom stereocenters. The van der Waals surface area contributed by atoms with Gasteiger partial charge in [0.15, 0.2) is 0 Å². The first kappa shape index (κ1) is 15.9. The molecule has 2 aromatic rings. The van der Waals surface area contributed by atoms with Crippen LogP contribution in [0.2, 0.25) is 5.02 Å². The van der Waals surface area contributed by atoms with E-state index >= 15 is 0 Å². The van der Waals surface area contributed by atoms with Crippen LogP contribution in [-0.2, 0) is 0 Å². The van der Waals surface area contributed by atoms with Crippen molar-refractivity contribution in [1.29, 1.82) is 0 Å². The molecule has 6 heteroatoms. The fourth-order valence-electron chi connectivity index (χ4n) is 1.98. The fraction of sp³-hybridized carbons (Fsp3) is 0.143. The second-order valence-corrected chi connectivity index (χ2v) is 6.21. The minimum Gasteiger partial charge on any atom is -0.309 e. The summed E-state index contributed by atoms with van der Waals surface area (Å²) in [6.45, 7) is 0. The number of hydrogen-bond donors (Lipinski definition) is 1. The van der Waals surface area contributed by atoms with Crippen LogP contribution in [0.3, 0.4) is 0 Å². The van der Waals surface area contributed by atoms with Crippen molar-refractivity contribution in [2.45, 2.75) is 6.04 Å². The zero-order valence-corrected chi connectivity index (χ0v) is 14.3. The van der Waals surface area contributed by atoms with Gasteiger partial charge in [-0.2, -0.15) is 0 Å². The predicted octanol–water partition coefficient (Wildman–Crippen LogP) is 5.45. The molecular weight excluding hydrogens is 415 g/mol. The van der Waals surface area contributed by atoms with E-state index in [2.05, 4.69) is 37.2 Å². The number of nitrogens with one attached hydrogen (secondary N) is 1. The second-order valence-electron chi connectivity index (χ2n) is 4.15. The maximum Gasteiger partial charge on any atom is 0.137 e. The van der Waals surface area contributed by atoms with E-state index in [4.69, 9.17) is 11.6 Å². The molecule has 0 heterocycles. The van der Waals surface area contributed by atoms with Crippen molar-refractivity contribution in [1.82, 2.24) is 5.32 Å². The Balaban J connectivity index is 2.58. The van der Waals surface area contributed by atoms with Crippen molar-refractivity contribution in [3.05, 3.63) is 67.1 Å². The quantitative estimate of drug-likeness (QED) is 0.645. The zero-order chi connectivity index (χ0) is 14.9. The summed E-state index contributed by atoms with van der Waals surface area (Å²) in [5, 5.41) is 3.38. The summed E-state index contributed by atoms with van der Waals surface area (Å²) < 4.78 is 28.6. The zero-order valence-electron chi connectivity index (χ0n) is 10.4. The lowest BCUT2D eigenvalue weighted by Crippen LogP contribution is -2.20. The molecule has 0 aromatic heterocycles. The van der Waals surface area contributed by atoms with E-state index < -0.39 is 17.7 Å². The summed E-state index contributed by atoms with van der Waals surface area (Å²) in [7, 11) is 1.68. The molecule has 0 bridgehead atoms. The van der Waals surface area contributed by atoms with Crippen LogP contribution in [0.15, 0.2) is 39.3 Å². The Bertz CT molecular complexity index is 649. The number of benzene rings is 2. The molecule has 20 heavy (non-hydrogen) atoms. The third-order valence-corrected chi connectivity index (χ3v) is 4.97. The van der Waals surface area contributed by atoms with E-state index in [0.29, 0.717) is 25.1 Å². The number of hydrogen-bond acceptors (Lipinski definition) is 1. The molecule has 106 valence electrons. The first-order valence-corrected chi connectivity index (χ1v) is 7.67. The molecular formula is C14H10Br2ClF2N. The summed E-state index contributed by atoms with van der Waals surface area (Å²) >= 11 is 12.4. The van der Waals surface area contributed by atoms with Gasteiger partial charge in [-0.25, -0.2) is 8.78 Å². The van der Waals surface area contributed by atoms with Crippen LogP contribution >= 0.6 is 43.5 Å². The molecule has 2 aromatic carbocycles. The van der Waals surface area contributed by atoms with Gasteiger partial charge in [0.1, 0.15) is 11.6 Å². The normalized spacial score (nSPS) is 12.5. The largest absolute Gasteiger partial charge is 0.309 e. The standard InChI is InChI=1S/C14H10Br2ClF2N/c1-20-14(7-3-2-4-11(18)13(7)16)8-5-10(17)9(15)6-12(8)19/h2-6,14,20H,1H3. The fourth-order valence-corrected chi connectivity index (χ4v) is 2.96. The summed E-state index contributed by atoms with van der Waals surface area (Å²) in [6.07, 6.45) is 0. The molecule has 1 atom stereocenters. The maximum absolute atomic E-state index is 14.1. The summed E-state index contributed by atoms with van der Waals surface area (Å²) in [5.41, 5.74) is 0.955. The Labute approximate surface area is 137 Å². The van der Waals surface area contributed by atoms with E-state index in [9.17, 15) is 8.78 Å². The Hall–Kier alpha value is -0.490. The molecule has 0 aliphatic rings. The third kappa shape index (κ3) is 3.06. The molecule has 0 radical (unpaired) electrons. The van der Waals surface area contributed by atoms with Gasteiger partial charge in [0.2, 0.25) is 0 Å². The molecule has 2 rings (SSSR count).